The van der Waals surface area contributed by atoms with E-state index in [1.54, 1.807) is 0 Å². The van der Waals surface area contributed by atoms with Gasteiger partial charge in [0.05, 0.1) is 5.69 Å². The van der Waals surface area contributed by atoms with Gasteiger partial charge in [0.1, 0.15) is 0 Å². The number of hydrogen-bond acceptors (Lipinski definition) is 3. The highest BCUT2D eigenvalue weighted by molar-refractivity contribution is 6.30. The number of fused-ring (bicyclic) bond motifs is 1. The molecule has 3 nitrogen and oxygen atoms in total. The molecule has 4 rings (SSSR count). The van der Waals surface area contributed by atoms with Crippen molar-refractivity contribution in [1.82, 2.24) is 10.2 Å². The van der Waals surface area contributed by atoms with Crippen LogP contribution < -0.4 is 5.32 Å². The lowest BCUT2D eigenvalue weighted by molar-refractivity contribution is 0.948. The van der Waals surface area contributed by atoms with Gasteiger partial charge in [-0.2, -0.15) is 5.10 Å². The summed E-state index contributed by atoms with van der Waals surface area (Å²) in [5.41, 5.74) is 3.37. The average Bonchev–Trinajstić information content (AvgIpc) is 2.69. The molecule has 0 unspecified atom stereocenters. The van der Waals surface area contributed by atoms with Crippen LogP contribution in [0.4, 0.5) is 5.82 Å². The Balaban J connectivity index is 1.62. The third-order valence-corrected chi connectivity index (χ3v) is 4.60. The fourth-order valence-electron chi connectivity index (χ4n) is 3.00. The van der Waals surface area contributed by atoms with E-state index in [1.165, 1.54) is 5.56 Å². The molecular weight excluding hydrogens is 342 g/mol. The second-order valence-electron chi connectivity index (χ2n) is 6.18. The number of nitrogens with zero attached hydrogens (tertiary/aromatic N) is 2. The summed E-state index contributed by atoms with van der Waals surface area (Å²) >= 11 is 5.95. The second kappa shape index (κ2) is 7.54. The van der Waals surface area contributed by atoms with E-state index in [0.717, 1.165) is 39.3 Å². The predicted molar refractivity (Wildman–Crippen MR) is 108 cm³/mol. The SMILES string of the molecule is Clc1ccc(CNc2nnc(Cc3ccccc3)c3ccccc23)cc1. The molecule has 1 aromatic heterocycles. The molecule has 0 bridgehead atoms. The monoisotopic (exact) mass is 359 g/mol. The van der Waals surface area contributed by atoms with Crippen molar-refractivity contribution in [2.24, 2.45) is 0 Å². The molecule has 0 aliphatic heterocycles. The van der Waals surface area contributed by atoms with Crippen LogP contribution in [0.25, 0.3) is 10.8 Å². The normalized spacial score (nSPS) is 10.8. The lowest BCUT2D eigenvalue weighted by Crippen LogP contribution is -2.05. The minimum atomic E-state index is 0.674. The molecule has 3 aromatic carbocycles. The molecule has 0 spiro atoms. The Bertz CT molecular complexity index is 1010. The van der Waals surface area contributed by atoms with Crippen LogP contribution in [0, 0.1) is 0 Å². The molecule has 4 heteroatoms. The van der Waals surface area contributed by atoms with E-state index in [1.807, 2.05) is 54.6 Å². The van der Waals surface area contributed by atoms with Crippen LogP contribution in [0.1, 0.15) is 16.8 Å². The molecule has 1 heterocycles. The molecule has 1 N–H and O–H groups in total. The molecule has 0 aliphatic carbocycles. The van der Waals surface area contributed by atoms with E-state index in [0.29, 0.717) is 6.54 Å². The zero-order valence-electron chi connectivity index (χ0n) is 14.2. The molecule has 4 aromatic rings. The highest BCUT2D eigenvalue weighted by Gasteiger charge is 2.09. The van der Waals surface area contributed by atoms with Gasteiger partial charge in [0.15, 0.2) is 5.82 Å². The van der Waals surface area contributed by atoms with Gasteiger partial charge in [-0.05, 0) is 23.3 Å². The van der Waals surface area contributed by atoms with Gasteiger partial charge in [0.2, 0.25) is 0 Å². The van der Waals surface area contributed by atoms with Gasteiger partial charge in [-0.3, -0.25) is 0 Å². The minimum Gasteiger partial charge on any atom is -0.364 e. The van der Waals surface area contributed by atoms with Crippen LogP contribution in [0.2, 0.25) is 5.02 Å². The number of halogens is 1. The summed E-state index contributed by atoms with van der Waals surface area (Å²) in [6, 6.07) is 26.4. The van der Waals surface area contributed by atoms with E-state index in [2.05, 4.69) is 39.8 Å². The number of hydrogen-bond donors (Lipinski definition) is 1. The first kappa shape index (κ1) is 16.6. The highest BCUT2D eigenvalue weighted by Crippen LogP contribution is 2.25. The number of nitrogens with one attached hydrogen (secondary N) is 1. The van der Waals surface area contributed by atoms with Gasteiger partial charge >= 0.3 is 0 Å². The Kier molecular flexibility index (Phi) is 4.80. The maximum atomic E-state index is 5.95. The maximum absolute atomic E-state index is 5.95. The van der Waals surface area contributed by atoms with Crippen molar-refractivity contribution in [1.29, 1.82) is 0 Å². The molecule has 0 amide bonds. The topological polar surface area (TPSA) is 37.8 Å². The van der Waals surface area contributed by atoms with Crippen molar-refractivity contribution in [3.8, 4) is 0 Å². The molecule has 0 radical (unpaired) electrons. The Hall–Kier alpha value is -2.91. The van der Waals surface area contributed by atoms with E-state index >= 15 is 0 Å². The van der Waals surface area contributed by atoms with Crippen molar-refractivity contribution in [2.45, 2.75) is 13.0 Å². The van der Waals surface area contributed by atoms with Crippen LogP contribution in [0.15, 0.2) is 78.9 Å². The molecule has 0 atom stereocenters. The van der Waals surface area contributed by atoms with Crippen molar-refractivity contribution in [2.75, 3.05) is 5.32 Å². The molecule has 0 saturated heterocycles. The van der Waals surface area contributed by atoms with Gasteiger partial charge in [-0.25, -0.2) is 0 Å². The summed E-state index contributed by atoms with van der Waals surface area (Å²) in [6.45, 7) is 0.674. The van der Waals surface area contributed by atoms with E-state index < -0.39 is 0 Å². The summed E-state index contributed by atoms with van der Waals surface area (Å²) < 4.78 is 0. The van der Waals surface area contributed by atoms with Crippen LogP contribution in [0.3, 0.4) is 0 Å². The zero-order valence-corrected chi connectivity index (χ0v) is 14.9. The van der Waals surface area contributed by atoms with Gasteiger partial charge < -0.3 is 5.32 Å². The number of rotatable bonds is 5. The zero-order chi connectivity index (χ0) is 17.8. The number of anilines is 1. The second-order valence-corrected chi connectivity index (χ2v) is 6.62. The molecule has 0 saturated carbocycles. The first-order chi connectivity index (χ1) is 12.8. The van der Waals surface area contributed by atoms with Gasteiger partial charge in [-0.15, -0.1) is 5.10 Å². The predicted octanol–water partition coefficient (Wildman–Crippen LogP) is 5.49. The Labute approximate surface area is 157 Å². The summed E-state index contributed by atoms with van der Waals surface area (Å²) in [5, 5.41) is 15.3. The fraction of sp³-hybridized carbons (Fsp3) is 0.0909. The lowest BCUT2D eigenvalue weighted by Gasteiger charge is -2.11. The first-order valence-corrected chi connectivity index (χ1v) is 8.94. The minimum absolute atomic E-state index is 0.674. The summed E-state index contributed by atoms with van der Waals surface area (Å²) in [6.07, 6.45) is 0.770. The Morgan fingerprint density at radius 2 is 1.38 bits per heavy atom. The Morgan fingerprint density at radius 1 is 0.692 bits per heavy atom. The van der Waals surface area contributed by atoms with Crippen LogP contribution in [-0.4, -0.2) is 10.2 Å². The maximum Gasteiger partial charge on any atom is 0.156 e. The summed E-state index contributed by atoms with van der Waals surface area (Å²) in [7, 11) is 0. The van der Waals surface area contributed by atoms with Crippen LogP contribution in [0.5, 0.6) is 0 Å². The van der Waals surface area contributed by atoms with Crippen LogP contribution >= 0.6 is 11.6 Å². The fourth-order valence-corrected chi connectivity index (χ4v) is 3.12. The molecular formula is C22H18ClN3. The summed E-state index contributed by atoms with van der Waals surface area (Å²) in [5.74, 6) is 0.798. The first-order valence-electron chi connectivity index (χ1n) is 8.56. The third kappa shape index (κ3) is 3.68. The summed E-state index contributed by atoms with van der Waals surface area (Å²) in [4.78, 5) is 0. The van der Waals surface area contributed by atoms with E-state index in [9.17, 15) is 0 Å². The van der Waals surface area contributed by atoms with Crippen molar-refractivity contribution in [3.63, 3.8) is 0 Å². The molecule has 128 valence electrons. The smallest absolute Gasteiger partial charge is 0.156 e. The molecule has 26 heavy (non-hydrogen) atoms. The number of benzene rings is 3. The van der Waals surface area contributed by atoms with Gasteiger partial charge in [0.25, 0.3) is 0 Å². The molecule has 0 aliphatic rings. The highest BCUT2D eigenvalue weighted by atomic mass is 35.5. The van der Waals surface area contributed by atoms with Gasteiger partial charge in [-0.1, -0.05) is 78.3 Å². The standard InChI is InChI=1S/C22H18ClN3/c23-18-12-10-17(11-13-18)15-24-22-20-9-5-4-8-19(20)21(25-26-22)14-16-6-2-1-3-7-16/h1-13H,14-15H2,(H,24,26). The largest absolute Gasteiger partial charge is 0.364 e. The lowest BCUT2D eigenvalue weighted by atomic mass is 10.0. The average molecular weight is 360 g/mol. The Morgan fingerprint density at radius 3 is 2.15 bits per heavy atom. The van der Waals surface area contributed by atoms with Crippen molar-refractivity contribution < 1.29 is 0 Å². The van der Waals surface area contributed by atoms with E-state index in [4.69, 9.17) is 11.6 Å². The van der Waals surface area contributed by atoms with E-state index in [-0.39, 0.29) is 0 Å². The number of aromatic nitrogens is 2. The molecule has 0 fully saturated rings. The third-order valence-electron chi connectivity index (χ3n) is 4.35. The van der Waals surface area contributed by atoms with Crippen molar-refractivity contribution in [3.05, 3.63) is 101 Å². The quantitative estimate of drug-likeness (QED) is 0.512. The van der Waals surface area contributed by atoms with Gasteiger partial charge in [0, 0.05) is 28.8 Å². The van der Waals surface area contributed by atoms with Crippen molar-refractivity contribution >= 4 is 28.2 Å². The van der Waals surface area contributed by atoms with Crippen LogP contribution in [-0.2, 0) is 13.0 Å².